The maximum atomic E-state index is 13.6. The Bertz CT molecular complexity index is 1720. The van der Waals surface area contributed by atoms with Gasteiger partial charge in [0, 0.05) is 28.4 Å². The van der Waals surface area contributed by atoms with Gasteiger partial charge in [0.2, 0.25) is 11.9 Å². The molecule has 0 saturated carbocycles. The van der Waals surface area contributed by atoms with Crippen molar-refractivity contribution in [3.63, 3.8) is 0 Å². The van der Waals surface area contributed by atoms with E-state index in [1.54, 1.807) is 85.6 Å². The summed E-state index contributed by atoms with van der Waals surface area (Å²) in [6, 6.07) is 22.8. The zero-order valence-electron chi connectivity index (χ0n) is 23.7. The second-order valence-electron chi connectivity index (χ2n) is 9.39. The van der Waals surface area contributed by atoms with Gasteiger partial charge in [0.25, 0.3) is 5.91 Å². The van der Waals surface area contributed by atoms with Gasteiger partial charge < -0.3 is 23.5 Å². The summed E-state index contributed by atoms with van der Waals surface area (Å²) in [5, 5.41) is 3.47. The van der Waals surface area contributed by atoms with Crippen LogP contribution in [0.2, 0.25) is 5.02 Å². The third-order valence-electron chi connectivity index (χ3n) is 6.61. The van der Waals surface area contributed by atoms with Crippen LogP contribution >= 0.6 is 11.6 Å². The number of nitrogens with one attached hydrogen (secondary N) is 1. The lowest BCUT2D eigenvalue weighted by atomic mass is 10.2. The number of anilines is 1. The molecule has 1 N–H and O–H groups in total. The average molecular weight is 601 g/mol. The molecule has 0 fully saturated rings. The first-order valence-corrected chi connectivity index (χ1v) is 13.6. The van der Waals surface area contributed by atoms with Gasteiger partial charge >= 0.3 is 0 Å². The van der Waals surface area contributed by atoms with E-state index in [9.17, 15) is 9.59 Å². The first-order chi connectivity index (χ1) is 20.9. The number of halogens is 1. The van der Waals surface area contributed by atoms with Crippen LogP contribution in [-0.4, -0.2) is 54.1 Å². The average Bonchev–Trinajstić information content (AvgIpc) is 3.70. The number of rotatable bonds is 11. The van der Waals surface area contributed by atoms with Crippen molar-refractivity contribution in [1.29, 1.82) is 0 Å². The van der Waals surface area contributed by atoms with Crippen LogP contribution in [0.15, 0.2) is 95.7 Å². The number of furan rings is 1. The Morgan fingerprint density at radius 1 is 0.930 bits per heavy atom. The SMILES string of the molecule is COc1cccc(C(=O)N(CC(=O)Nc2nc(-c3ccc(Cl)cc3)cn2-c2ccc(OC)c(OC)c2)Cc2ccco2)c1. The number of carbonyl (C=O) groups is 2. The Balaban J connectivity index is 1.47. The maximum Gasteiger partial charge on any atom is 0.254 e. The number of carbonyl (C=O) groups excluding carboxylic acids is 2. The number of amides is 2. The maximum absolute atomic E-state index is 13.6. The van der Waals surface area contributed by atoms with E-state index in [1.165, 1.54) is 18.3 Å². The van der Waals surface area contributed by atoms with Crippen molar-refractivity contribution in [2.45, 2.75) is 6.54 Å². The van der Waals surface area contributed by atoms with Crippen LogP contribution in [-0.2, 0) is 11.3 Å². The minimum Gasteiger partial charge on any atom is -0.497 e. The molecule has 5 rings (SSSR count). The van der Waals surface area contributed by atoms with E-state index in [-0.39, 0.29) is 24.9 Å². The number of methoxy groups -OCH3 is 3. The third-order valence-corrected chi connectivity index (χ3v) is 6.86. The molecule has 0 unspecified atom stereocenters. The van der Waals surface area contributed by atoms with E-state index in [0.29, 0.717) is 45.0 Å². The van der Waals surface area contributed by atoms with E-state index in [1.807, 2.05) is 18.2 Å². The summed E-state index contributed by atoms with van der Waals surface area (Å²) in [7, 11) is 4.63. The quantitative estimate of drug-likeness (QED) is 0.195. The van der Waals surface area contributed by atoms with Gasteiger partial charge in [-0.15, -0.1) is 0 Å². The number of benzene rings is 3. The van der Waals surface area contributed by atoms with Gasteiger partial charge in [0.1, 0.15) is 18.1 Å². The van der Waals surface area contributed by atoms with Gasteiger partial charge in [0.05, 0.1) is 45.5 Å². The summed E-state index contributed by atoms with van der Waals surface area (Å²) in [5.74, 6) is 1.54. The third kappa shape index (κ3) is 6.82. The Labute approximate surface area is 253 Å². The van der Waals surface area contributed by atoms with Crippen LogP contribution in [0.5, 0.6) is 17.2 Å². The fourth-order valence-corrected chi connectivity index (χ4v) is 4.59. The molecule has 2 heterocycles. The van der Waals surface area contributed by atoms with E-state index in [0.717, 1.165) is 5.56 Å². The van der Waals surface area contributed by atoms with Crippen LogP contribution in [0.3, 0.4) is 0 Å². The van der Waals surface area contributed by atoms with Crippen LogP contribution in [0.25, 0.3) is 16.9 Å². The van der Waals surface area contributed by atoms with E-state index in [4.69, 9.17) is 35.2 Å². The van der Waals surface area contributed by atoms with Gasteiger partial charge in [-0.25, -0.2) is 4.98 Å². The second-order valence-corrected chi connectivity index (χ2v) is 9.82. The Kier molecular flexibility index (Phi) is 8.97. The van der Waals surface area contributed by atoms with Crippen molar-refractivity contribution < 1.29 is 28.2 Å². The highest BCUT2D eigenvalue weighted by Crippen LogP contribution is 2.32. The highest BCUT2D eigenvalue weighted by atomic mass is 35.5. The molecule has 10 nitrogen and oxygen atoms in total. The summed E-state index contributed by atoms with van der Waals surface area (Å²) in [6.07, 6.45) is 3.31. The number of aromatic nitrogens is 2. The van der Waals surface area contributed by atoms with E-state index >= 15 is 0 Å². The number of imidazole rings is 1. The lowest BCUT2D eigenvalue weighted by molar-refractivity contribution is -0.117. The van der Waals surface area contributed by atoms with Crippen molar-refractivity contribution in [2.24, 2.45) is 0 Å². The van der Waals surface area contributed by atoms with Gasteiger partial charge in [-0.3, -0.25) is 19.5 Å². The topological polar surface area (TPSA) is 108 Å². The standard InChI is InChI=1S/C32H29ClN4O6/c1-40-25-7-4-6-22(16-25)31(39)36(18-26-8-5-15-43-26)20-30(38)35-32-34-27(21-9-11-23(33)12-10-21)19-37(32)24-13-14-28(41-2)29(17-24)42-3/h4-17,19H,18,20H2,1-3H3,(H,34,35,38). The molecule has 43 heavy (non-hydrogen) atoms. The van der Waals surface area contributed by atoms with Crippen LogP contribution in [0, 0.1) is 0 Å². The molecule has 5 aromatic rings. The molecular weight excluding hydrogens is 572 g/mol. The molecule has 0 atom stereocenters. The van der Waals surface area contributed by atoms with Crippen molar-refractivity contribution in [3.05, 3.63) is 108 Å². The Hall–Kier alpha value is -5.22. The summed E-state index contributed by atoms with van der Waals surface area (Å²) < 4.78 is 23.4. The summed E-state index contributed by atoms with van der Waals surface area (Å²) in [4.78, 5) is 33.2. The molecule has 2 aromatic heterocycles. The van der Waals surface area contributed by atoms with Gasteiger partial charge in [0.15, 0.2) is 11.5 Å². The van der Waals surface area contributed by atoms with Crippen LogP contribution in [0.1, 0.15) is 16.1 Å². The van der Waals surface area contributed by atoms with Gasteiger partial charge in [-0.2, -0.15) is 0 Å². The molecule has 0 bridgehead atoms. The highest BCUT2D eigenvalue weighted by Gasteiger charge is 2.23. The van der Waals surface area contributed by atoms with Gasteiger partial charge in [-0.05, 0) is 54.6 Å². The summed E-state index contributed by atoms with van der Waals surface area (Å²) in [6.45, 7) is -0.192. The predicted molar refractivity (Wildman–Crippen MR) is 162 cm³/mol. The highest BCUT2D eigenvalue weighted by molar-refractivity contribution is 6.30. The number of hydrogen-bond acceptors (Lipinski definition) is 7. The van der Waals surface area contributed by atoms with E-state index < -0.39 is 5.91 Å². The first kappa shape index (κ1) is 29.3. The first-order valence-electron chi connectivity index (χ1n) is 13.2. The Morgan fingerprint density at radius 3 is 2.42 bits per heavy atom. The second kappa shape index (κ2) is 13.2. The van der Waals surface area contributed by atoms with Crippen molar-refractivity contribution in [2.75, 3.05) is 33.2 Å². The zero-order chi connectivity index (χ0) is 30.3. The number of ether oxygens (including phenoxy) is 3. The predicted octanol–water partition coefficient (Wildman–Crippen LogP) is 6.09. The fourth-order valence-electron chi connectivity index (χ4n) is 4.47. The lowest BCUT2D eigenvalue weighted by Gasteiger charge is -2.21. The minimum atomic E-state index is -0.460. The Morgan fingerprint density at radius 2 is 1.72 bits per heavy atom. The molecule has 0 aliphatic heterocycles. The smallest absolute Gasteiger partial charge is 0.254 e. The molecule has 0 saturated heterocycles. The van der Waals surface area contributed by atoms with E-state index in [2.05, 4.69) is 5.32 Å². The molecule has 2 amide bonds. The molecule has 220 valence electrons. The summed E-state index contributed by atoms with van der Waals surface area (Å²) in [5.41, 5.74) is 2.43. The number of hydrogen-bond donors (Lipinski definition) is 1. The largest absolute Gasteiger partial charge is 0.497 e. The molecule has 0 aliphatic carbocycles. The van der Waals surface area contributed by atoms with Crippen molar-refractivity contribution in [3.8, 4) is 34.2 Å². The zero-order valence-corrected chi connectivity index (χ0v) is 24.5. The molecule has 0 radical (unpaired) electrons. The van der Waals surface area contributed by atoms with Crippen molar-refractivity contribution in [1.82, 2.24) is 14.5 Å². The molecule has 3 aromatic carbocycles. The van der Waals surface area contributed by atoms with Crippen LogP contribution < -0.4 is 19.5 Å². The van der Waals surface area contributed by atoms with Gasteiger partial charge in [-0.1, -0.05) is 29.8 Å². The molecule has 0 aliphatic rings. The number of nitrogens with zero attached hydrogens (tertiary/aromatic N) is 3. The monoisotopic (exact) mass is 600 g/mol. The fraction of sp³-hybridized carbons (Fsp3) is 0.156. The normalized spacial score (nSPS) is 10.7. The summed E-state index contributed by atoms with van der Waals surface area (Å²) >= 11 is 6.09. The minimum absolute atomic E-state index is 0.0800. The molecule has 0 spiro atoms. The van der Waals surface area contributed by atoms with Crippen LogP contribution in [0.4, 0.5) is 5.95 Å². The van der Waals surface area contributed by atoms with Crippen molar-refractivity contribution >= 4 is 29.4 Å². The molecular formula is C32H29ClN4O6. The lowest BCUT2D eigenvalue weighted by Crippen LogP contribution is -2.37. The molecule has 11 heteroatoms.